The standard InChI is InChI=1S/C9H15N3O3S/c1-4-5-9-8(6-13)10-7-12(9)16(14,15)11(2)3/h6-7H,4-5H2,1-3H3. The fraction of sp³-hybridized carbons (Fsp3) is 0.556. The lowest BCUT2D eigenvalue weighted by Gasteiger charge is -2.14. The van der Waals surface area contributed by atoms with Crippen molar-refractivity contribution in [3.05, 3.63) is 17.7 Å². The third kappa shape index (κ3) is 2.14. The predicted molar refractivity (Wildman–Crippen MR) is 59.6 cm³/mol. The van der Waals surface area contributed by atoms with E-state index < -0.39 is 10.2 Å². The van der Waals surface area contributed by atoms with Gasteiger partial charge in [0.15, 0.2) is 6.29 Å². The van der Waals surface area contributed by atoms with Crippen LogP contribution in [-0.4, -0.2) is 42.1 Å². The minimum absolute atomic E-state index is 0.187. The maximum atomic E-state index is 11.9. The highest BCUT2D eigenvalue weighted by molar-refractivity contribution is 7.87. The van der Waals surface area contributed by atoms with Crippen LogP contribution in [0.3, 0.4) is 0 Å². The molecule has 1 rings (SSSR count). The monoisotopic (exact) mass is 245 g/mol. The number of nitrogens with zero attached hydrogens (tertiary/aromatic N) is 3. The molecule has 0 saturated heterocycles. The van der Waals surface area contributed by atoms with Gasteiger partial charge in [-0.25, -0.2) is 8.96 Å². The van der Waals surface area contributed by atoms with Crippen LogP contribution in [0.1, 0.15) is 29.5 Å². The highest BCUT2D eigenvalue weighted by atomic mass is 32.2. The van der Waals surface area contributed by atoms with Gasteiger partial charge in [-0.15, -0.1) is 0 Å². The predicted octanol–water partition coefficient (Wildman–Crippen LogP) is 0.303. The maximum absolute atomic E-state index is 11.9. The number of imidazole rings is 1. The van der Waals surface area contributed by atoms with Gasteiger partial charge in [-0.3, -0.25) is 4.79 Å². The van der Waals surface area contributed by atoms with Crippen molar-refractivity contribution in [2.75, 3.05) is 14.1 Å². The Bertz CT molecular complexity index is 476. The summed E-state index contributed by atoms with van der Waals surface area (Å²) < 4.78 is 25.9. The number of aldehydes is 1. The molecule has 0 spiro atoms. The van der Waals surface area contributed by atoms with E-state index in [0.717, 1.165) is 14.7 Å². The first-order valence-corrected chi connectivity index (χ1v) is 6.29. The Morgan fingerprint density at radius 3 is 2.56 bits per heavy atom. The van der Waals surface area contributed by atoms with E-state index in [4.69, 9.17) is 0 Å². The molecule has 0 aliphatic heterocycles. The smallest absolute Gasteiger partial charge is 0.296 e. The Kier molecular flexibility index (Phi) is 3.82. The lowest BCUT2D eigenvalue weighted by Crippen LogP contribution is -2.29. The van der Waals surface area contributed by atoms with Crippen LogP contribution in [0.2, 0.25) is 0 Å². The van der Waals surface area contributed by atoms with Crippen molar-refractivity contribution in [1.29, 1.82) is 0 Å². The van der Waals surface area contributed by atoms with Crippen LogP contribution in [0.15, 0.2) is 6.33 Å². The van der Waals surface area contributed by atoms with Gasteiger partial charge >= 0.3 is 10.2 Å². The molecule has 0 aliphatic carbocycles. The van der Waals surface area contributed by atoms with Gasteiger partial charge in [-0.1, -0.05) is 13.3 Å². The molecule has 0 aliphatic rings. The number of aromatic nitrogens is 2. The van der Waals surface area contributed by atoms with Crippen LogP contribution in [0.25, 0.3) is 0 Å². The highest BCUT2D eigenvalue weighted by Crippen LogP contribution is 2.12. The molecule has 0 atom stereocenters. The quantitative estimate of drug-likeness (QED) is 0.699. The number of hydrogen-bond donors (Lipinski definition) is 0. The molecule has 1 heterocycles. The summed E-state index contributed by atoms with van der Waals surface area (Å²) in [5.41, 5.74) is 0.624. The van der Waals surface area contributed by atoms with Gasteiger partial charge in [-0.2, -0.15) is 12.7 Å². The summed E-state index contributed by atoms with van der Waals surface area (Å²) in [5.74, 6) is 0. The molecule has 90 valence electrons. The first kappa shape index (κ1) is 12.9. The summed E-state index contributed by atoms with van der Waals surface area (Å²) in [6, 6.07) is 0. The highest BCUT2D eigenvalue weighted by Gasteiger charge is 2.22. The summed E-state index contributed by atoms with van der Waals surface area (Å²) in [7, 11) is -0.718. The molecule has 0 aromatic carbocycles. The molecule has 0 saturated carbocycles. The van der Waals surface area contributed by atoms with E-state index in [2.05, 4.69) is 4.98 Å². The number of carbonyl (C=O) groups excluding carboxylic acids is 1. The summed E-state index contributed by atoms with van der Waals surface area (Å²) in [6.07, 6.45) is 2.99. The largest absolute Gasteiger partial charge is 0.308 e. The summed E-state index contributed by atoms with van der Waals surface area (Å²) in [4.78, 5) is 14.5. The number of carbonyl (C=O) groups is 1. The lowest BCUT2D eigenvalue weighted by molar-refractivity contribution is 0.111. The Morgan fingerprint density at radius 1 is 1.50 bits per heavy atom. The van der Waals surface area contributed by atoms with E-state index in [0.29, 0.717) is 18.4 Å². The molecule has 1 aromatic rings. The van der Waals surface area contributed by atoms with Gasteiger partial charge in [0, 0.05) is 14.1 Å². The Balaban J connectivity index is 3.35. The normalized spacial score (nSPS) is 12.0. The molecule has 6 nitrogen and oxygen atoms in total. The van der Waals surface area contributed by atoms with Crippen molar-refractivity contribution in [3.8, 4) is 0 Å². The topological polar surface area (TPSA) is 72.3 Å². The summed E-state index contributed by atoms with van der Waals surface area (Å²) >= 11 is 0. The van der Waals surface area contributed by atoms with Crippen molar-refractivity contribution in [3.63, 3.8) is 0 Å². The minimum atomic E-state index is -3.59. The van der Waals surface area contributed by atoms with Gasteiger partial charge in [0.25, 0.3) is 0 Å². The Hall–Kier alpha value is -1.21. The van der Waals surface area contributed by atoms with Crippen LogP contribution in [0.5, 0.6) is 0 Å². The second-order valence-corrected chi connectivity index (χ2v) is 5.55. The molecule has 0 amide bonds. The van der Waals surface area contributed by atoms with Crippen LogP contribution >= 0.6 is 0 Å². The van der Waals surface area contributed by atoms with Crippen LogP contribution < -0.4 is 0 Å². The van der Waals surface area contributed by atoms with Crippen LogP contribution in [-0.2, 0) is 16.6 Å². The molecular weight excluding hydrogens is 230 g/mol. The van der Waals surface area contributed by atoms with Gasteiger partial charge in [0.05, 0.1) is 5.69 Å². The van der Waals surface area contributed by atoms with Crippen LogP contribution in [0.4, 0.5) is 0 Å². The molecule has 0 fully saturated rings. The van der Waals surface area contributed by atoms with Gasteiger partial charge in [0.2, 0.25) is 0 Å². The van der Waals surface area contributed by atoms with Gasteiger partial charge in [0.1, 0.15) is 12.0 Å². The summed E-state index contributed by atoms with van der Waals surface area (Å²) in [5, 5.41) is 0. The third-order valence-corrected chi connectivity index (χ3v) is 3.91. The molecule has 1 aromatic heterocycles. The average molecular weight is 245 g/mol. The molecule has 16 heavy (non-hydrogen) atoms. The second kappa shape index (κ2) is 4.75. The molecule has 7 heteroatoms. The minimum Gasteiger partial charge on any atom is -0.296 e. The first-order valence-electron chi connectivity index (χ1n) is 4.89. The zero-order valence-electron chi connectivity index (χ0n) is 9.54. The van der Waals surface area contributed by atoms with E-state index in [1.165, 1.54) is 20.4 Å². The second-order valence-electron chi connectivity index (χ2n) is 3.53. The average Bonchev–Trinajstić information content (AvgIpc) is 2.61. The number of rotatable bonds is 5. The zero-order chi connectivity index (χ0) is 12.3. The zero-order valence-corrected chi connectivity index (χ0v) is 10.4. The van der Waals surface area contributed by atoms with Crippen molar-refractivity contribution >= 4 is 16.5 Å². The SMILES string of the molecule is CCCc1c(C=O)ncn1S(=O)(=O)N(C)C. The van der Waals surface area contributed by atoms with Crippen LogP contribution in [0, 0.1) is 0 Å². The van der Waals surface area contributed by atoms with Crippen molar-refractivity contribution < 1.29 is 13.2 Å². The van der Waals surface area contributed by atoms with E-state index in [9.17, 15) is 13.2 Å². The van der Waals surface area contributed by atoms with Gasteiger partial charge in [-0.05, 0) is 6.42 Å². The fourth-order valence-corrected chi connectivity index (χ4v) is 2.30. The van der Waals surface area contributed by atoms with E-state index in [1.54, 1.807) is 0 Å². The van der Waals surface area contributed by atoms with Crippen molar-refractivity contribution in [2.24, 2.45) is 0 Å². The molecule has 0 radical (unpaired) electrons. The Labute approximate surface area is 95.1 Å². The molecule has 0 bridgehead atoms. The lowest BCUT2D eigenvalue weighted by atomic mass is 10.2. The molecular formula is C9H15N3O3S. The third-order valence-electron chi connectivity index (χ3n) is 2.17. The summed E-state index contributed by atoms with van der Waals surface area (Å²) in [6.45, 7) is 1.91. The molecule has 0 unspecified atom stereocenters. The maximum Gasteiger partial charge on any atom is 0.308 e. The number of hydrogen-bond acceptors (Lipinski definition) is 4. The Morgan fingerprint density at radius 2 is 2.12 bits per heavy atom. The van der Waals surface area contributed by atoms with E-state index >= 15 is 0 Å². The van der Waals surface area contributed by atoms with E-state index in [-0.39, 0.29) is 5.69 Å². The fourth-order valence-electron chi connectivity index (χ4n) is 1.32. The van der Waals surface area contributed by atoms with Crippen molar-refractivity contribution in [2.45, 2.75) is 19.8 Å². The first-order chi connectivity index (χ1) is 7.45. The van der Waals surface area contributed by atoms with Crippen molar-refractivity contribution in [1.82, 2.24) is 13.3 Å². The molecule has 0 N–H and O–H groups in total. The van der Waals surface area contributed by atoms with Gasteiger partial charge < -0.3 is 0 Å². The van der Waals surface area contributed by atoms with E-state index in [1.807, 2.05) is 6.92 Å².